The van der Waals surface area contributed by atoms with Gasteiger partial charge in [0, 0.05) is 28.0 Å². The summed E-state index contributed by atoms with van der Waals surface area (Å²) in [6.07, 6.45) is 2.26. The molecule has 7 heteroatoms. The molecule has 0 bridgehead atoms. The summed E-state index contributed by atoms with van der Waals surface area (Å²) in [5, 5.41) is 2.98. The molecule has 3 N–H and O–H groups in total. The molecule has 148 valence electrons. The van der Waals surface area contributed by atoms with E-state index in [-0.39, 0.29) is 5.91 Å². The number of thioether (sulfide) groups is 1. The summed E-state index contributed by atoms with van der Waals surface area (Å²) in [6.45, 7) is 5.97. The molecule has 0 saturated carbocycles. The van der Waals surface area contributed by atoms with Gasteiger partial charge >= 0.3 is 0 Å². The molecule has 28 heavy (non-hydrogen) atoms. The number of nitrogens with one attached hydrogen (secondary N) is 1. The van der Waals surface area contributed by atoms with E-state index in [9.17, 15) is 9.59 Å². The van der Waals surface area contributed by atoms with Crippen molar-refractivity contribution in [3.8, 4) is 0 Å². The molecule has 1 heterocycles. The zero-order chi connectivity index (χ0) is 20.3. The van der Waals surface area contributed by atoms with Gasteiger partial charge in [-0.1, -0.05) is 15.9 Å². The quantitative estimate of drug-likeness (QED) is 0.621. The van der Waals surface area contributed by atoms with E-state index in [0.717, 1.165) is 52.1 Å². The topological polar surface area (TPSA) is 75.4 Å². The van der Waals surface area contributed by atoms with Crippen LogP contribution in [0.2, 0.25) is 0 Å². The van der Waals surface area contributed by atoms with Crippen molar-refractivity contribution in [3.63, 3.8) is 0 Å². The van der Waals surface area contributed by atoms with Crippen LogP contribution < -0.4 is 16.0 Å². The number of carbonyl (C=O) groups excluding carboxylic acids is 2. The Kier molecular flexibility index (Phi) is 6.67. The summed E-state index contributed by atoms with van der Waals surface area (Å²) in [4.78, 5) is 27.5. The van der Waals surface area contributed by atoms with Gasteiger partial charge in [0.05, 0.1) is 17.1 Å². The van der Waals surface area contributed by atoms with Gasteiger partial charge in [0.15, 0.2) is 0 Å². The predicted octanol–water partition coefficient (Wildman–Crippen LogP) is 4.50. The van der Waals surface area contributed by atoms with Crippen LogP contribution in [-0.4, -0.2) is 30.7 Å². The Bertz CT molecular complexity index is 911. The van der Waals surface area contributed by atoms with Crippen LogP contribution in [0.15, 0.2) is 39.7 Å². The van der Waals surface area contributed by atoms with E-state index < -0.39 is 5.91 Å². The molecule has 1 aliphatic rings. The molecule has 3 rings (SSSR count). The van der Waals surface area contributed by atoms with E-state index in [4.69, 9.17) is 5.73 Å². The summed E-state index contributed by atoms with van der Waals surface area (Å²) in [5.41, 5.74) is 9.67. The second-order valence-electron chi connectivity index (χ2n) is 6.99. The molecule has 0 atom stereocenters. The Labute approximate surface area is 178 Å². The van der Waals surface area contributed by atoms with Crippen molar-refractivity contribution in [1.29, 1.82) is 0 Å². The lowest BCUT2D eigenvalue weighted by Gasteiger charge is -2.22. The third kappa shape index (κ3) is 4.89. The number of rotatable bonds is 6. The Morgan fingerprint density at radius 3 is 2.54 bits per heavy atom. The molecule has 2 amide bonds. The zero-order valence-electron chi connectivity index (χ0n) is 16.0. The summed E-state index contributed by atoms with van der Waals surface area (Å²) < 4.78 is 1.07. The number of nitrogens with two attached hydrogens (primary N) is 1. The molecule has 1 aliphatic heterocycles. The first-order valence-electron chi connectivity index (χ1n) is 9.23. The van der Waals surface area contributed by atoms with Crippen molar-refractivity contribution in [3.05, 3.63) is 51.5 Å². The fourth-order valence-corrected chi connectivity index (χ4v) is 4.63. The van der Waals surface area contributed by atoms with Crippen molar-refractivity contribution in [2.24, 2.45) is 5.73 Å². The Morgan fingerprint density at radius 2 is 1.86 bits per heavy atom. The SMILES string of the molecule is Cc1cc(SCC(=O)Nc2cc(C(N)=O)ccc2N2CCCC2)c(C)cc1Br. The van der Waals surface area contributed by atoms with Gasteiger partial charge in [-0.3, -0.25) is 9.59 Å². The van der Waals surface area contributed by atoms with Crippen LogP contribution in [0.5, 0.6) is 0 Å². The highest BCUT2D eigenvalue weighted by atomic mass is 79.9. The number of anilines is 2. The van der Waals surface area contributed by atoms with Crippen molar-refractivity contribution >= 4 is 50.9 Å². The number of nitrogens with zero attached hydrogens (tertiary/aromatic N) is 1. The minimum Gasteiger partial charge on any atom is -0.370 e. The fraction of sp³-hybridized carbons (Fsp3) is 0.333. The molecule has 2 aromatic carbocycles. The van der Waals surface area contributed by atoms with Crippen LogP contribution in [0, 0.1) is 13.8 Å². The molecular formula is C21H24BrN3O2S. The molecule has 1 saturated heterocycles. The first-order valence-corrected chi connectivity index (χ1v) is 11.0. The number of carbonyl (C=O) groups is 2. The highest BCUT2D eigenvalue weighted by Crippen LogP contribution is 2.31. The van der Waals surface area contributed by atoms with Crippen molar-refractivity contribution in [2.75, 3.05) is 29.1 Å². The highest BCUT2D eigenvalue weighted by Gasteiger charge is 2.18. The van der Waals surface area contributed by atoms with E-state index in [1.54, 1.807) is 12.1 Å². The van der Waals surface area contributed by atoms with Crippen LogP contribution in [0.3, 0.4) is 0 Å². The average molecular weight is 462 g/mol. The number of hydrogen-bond donors (Lipinski definition) is 2. The predicted molar refractivity (Wildman–Crippen MR) is 119 cm³/mol. The molecule has 5 nitrogen and oxygen atoms in total. The van der Waals surface area contributed by atoms with Crippen LogP contribution in [0.1, 0.15) is 34.3 Å². The Morgan fingerprint density at radius 1 is 1.14 bits per heavy atom. The Balaban J connectivity index is 1.74. The zero-order valence-corrected chi connectivity index (χ0v) is 18.5. The van der Waals surface area contributed by atoms with Crippen molar-refractivity contribution in [2.45, 2.75) is 31.6 Å². The van der Waals surface area contributed by atoms with Gasteiger partial charge in [0.25, 0.3) is 0 Å². The largest absolute Gasteiger partial charge is 0.370 e. The monoisotopic (exact) mass is 461 g/mol. The summed E-state index contributed by atoms with van der Waals surface area (Å²) in [6, 6.07) is 9.41. The molecule has 0 spiro atoms. The highest BCUT2D eigenvalue weighted by molar-refractivity contribution is 9.10. The molecule has 1 fully saturated rings. The third-order valence-electron chi connectivity index (χ3n) is 4.82. The summed E-state index contributed by atoms with van der Waals surface area (Å²) >= 11 is 5.04. The fourth-order valence-electron chi connectivity index (χ4n) is 3.26. The van der Waals surface area contributed by atoms with Gasteiger partial charge in [-0.25, -0.2) is 0 Å². The second kappa shape index (κ2) is 9.01. The third-order valence-corrected chi connectivity index (χ3v) is 6.83. The van der Waals surface area contributed by atoms with Gasteiger partial charge in [-0.2, -0.15) is 0 Å². The van der Waals surface area contributed by atoms with E-state index >= 15 is 0 Å². The minimum atomic E-state index is -0.501. The van der Waals surface area contributed by atoms with E-state index in [2.05, 4.69) is 38.3 Å². The molecule has 0 aliphatic carbocycles. The first kappa shape index (κ1) is 20.7. The number of benzene rings is 2. The van der Waals surface area contributed by atoms with E-state index in [1.165, 1.54) is 11.8 Å². The number of primary amides is 1. The lowest BCUT2D eigenvalue weighted by atomic mass is 10.1. The standard InChI is InChI=1S/C21H24BrN3O2S/c1-13-10-19(14(2)9-16(13)22)28-12-20(26)24-17-11-15(21(23)27)5-6-18(17)25-7-3-4-8-25/h5-6,9-11H,3-4,7-8,12H2,1-2H3,(H2,23,27)(H,24,26). The van der Waals surface area contributed by atoms with E-state index in [0.29, 0.717) is 17.0 Å². The summed E-state index contributed by atoms with van der Waals surface area (Å²) in [7, 11) is 0. The van der Waals surface area contributed by atoms with Crippen LogP contribution in [0.4, 0.5) is 11.4 Å². The van der Waals surface area contributed by atoms with Crippen LogP contribution in [0.25, 0.3) is 0 Å². The van der Waals surface area contributed by atoms with Gasteiger partial charge in [-0.15, -0.1) is 11.8 Å². The second-order valence-corrected chi connectivity index (χ2v) is 8.87. The first-order chi connectivity index (χ1) is 13.3. The Hall–Kier alpha value is -1.99. The lowest BCUT2D eigenvalue weighted by molar-refractivity contribution is -0.113. The maximum atomic E-state index is 12.6. The van der Waals surface area contributed by atoms with Gasteiger partial charge < -0.3 is 16.0 Å². The molecule has 0 radical (unpaired) electrons. The molecular weight excluding hydrogens is 438 g/mol. The maximum Gasteiger partial charge on any atom is 0.248 e. The van der Waals surface area contributed by atoms with Gasteiger partial charge in [0.2, 0.25) is 11.8 Å². The number of aryl methyl sites for hydroxylation is 2. The number of hydrogen-bond acceptors (Lipinski definition) is 4. The van der Waals surface area contributed by atoms with Gasteiger partial charge in [0.1, 0.15) is 0 Å². The number of halogens is 1. The van der Waals surface area contributed by atoms with Crippen molar-refractivity contribution < 1.29 is 9.59 Å². The molecule has 2 aromatic rings. The number of amides is 2. The van der Waals surface area contributed by atoms with Gasteiger partial charge in [-0.05, 0) is 68.1 Å². The smallest absolute Gasteiger partial charge is 0.248 e. The van der Waals surface area contributed by atoms with Crippen LogP contribution in [-0.2, 0) is 4.79 Å². The average Bonchev–Trinajstić information content (AvgIpc) is 3.18. The van der Waals surface area contributed by atoms with Crippen molar-refractivity contribution in [1.82, 2.24) is 0 Å². The summed E-state index contributed by atoms with van der Waals surface area (Å²) in [5.74, 6) is -0.312. The van der Waals surface area contributed by atoms with Crippen LogP contribution >= 0.6 is 27.7 Å². The molecule has 0 unspecified atom stereocenters. The molecule has 0 aromatic heterocycles. The minimum absolute atomic E-state index is 0.105. The van der Waals surface area contributed by atoms with E-state index in [1.807, 2.05) is 19.9 Å². The normalized spacial score (nSPS) is 13.6. The lowest BCUT2D eigenvalue weighted by Crippen LogP contribution is -2.22. The maximum absolute atomic E-state index is 12.6.